The highest BCUT2D eigenvalue weighted by Gasteiger charge is 2.28. The second kappa shape index (κ2) is 10.4. The van der Waals surface area contributed by atoms with E-state index in [1.807, 2.05) is 30.3 Å². The molecule has 2 heterocycles. The first-order chi connectivity index (χ1) is 15.6. The Labute approximate surface area is 187 Å². The molecule has 0 saturated carbocycles. The smallest absolute Gasteiger partial charge is 0.220 e. The zero-order valence-electron chi connectivity index (χ0n) is 18.1. The minimum Gasteiger partial charge on any atom is -0.496 e. The number of benzene rings is 2. The lowest BCUT2D eigenvalue weighted by Gasteiger charge is -2.31. The predicted octanol–water partition coefficient (Wildman–Crippen LogP) is 3.96. The molecule has 1 aliphatic rings. The van der Waals surface area contributed by atoms with Crippen LogP contribution in [0.25, 0.3) is 11.3 Å². The van der Waals surface area contributed by atoms with Crippen LogP contribution in [0.4, 0.5) is 4.39 Å². The predicted molar refractivity (Wildman–Crippen MR) is 120 cm³/mol. The number of nitrogens with one attached hydrogen (secondary N) is 2. The van der Waals surface area contributed by atoms with Crippen LogP contribution in [0.3, 0.4) is 0 Å². The van der Waals surface area contributed by atoms with Gasteiger partial charge in [0.25, 0.3) is 0 Å². The average Bonchev–Trinajstić information content (AvgIpc) is 3.28. The van der Waals surface area contributed by atoms with Crippen molar-refractivity contribution < 1.29 is 18.4 Å². The van der Waals surface area contributed by atoms with Crippen molar-refractivity contribution in [2.24, 2.45) is 11.8 Å². The summed E-state index contributed by atoms with van der Waals surface area (Å²) in [5.74, 6) is 1.70. The van der Waals surface area contributed by atoms with Gasteiger partial charge < -0.3 is 19.9 Å². The molecule has 2 aromatic carbocycles. The second-order valence-corrected chi connectivity index (χ2v) is 8.20. The van der Waals surface area contributed by atoms with Crippen molar-refractivity contribution in [3.8, 4) is 17.1 Å². The molecule has 1 aromatic heterocycles. The van der Waals surface area contributed by atoms with Gasteiger partial charge in [0.2, 0.25) is 5.91 Å². The summed E-state index contributed by atoms with van der Waals surface area (Å²) in [5.41, 5.74) is 2.60. The van der Waals surface area contributed by atoms with Crippen molar-refractivity contribution in [2.45, 2.75) is 25.8 Å². The molecule has 0 bridgehead atoms. The number of carbonyl (C=O) groups excluding carboxylic acids is 1. The van der Waals surface area contributed by atoms with Gasteiger partial charge in [0.15, 0.2) is 5.76 Å². The third-order valence-electron chi connectivity index (χ3n) is 6.04. The summed E-state index contributed by atoms with van der Waals surface area (Å²) >= 11 is 0. The Bertz CT molecular complexity index is 1030. The van der Waals surface area contributed by atoms with E-state index in [-0.39, 0.29) is 23.6 Å². The summed E-state index contributed by atoms with van der Waals surface area (Å²) in [7, 11) is 1.63. The van der Waals surface area contributed by atoms with E-state index in [9.17, 15) is 9.18 Å². The second-order valence-electron chi connectivity index (χ2n) is 8.20. The lowest BCUT2D eigenvalue weighted by Crippen LogP contribution is -2.40. The van der Waals surface area contributed by atoms with Crippen LogP contribution < -0.4 is 15.4 Å². The normalized spacial score (nSPS) is 18.3. The van der Waals surface area contributed by atoms with Crippen LogP contribution in [-0.2, 0) is 17.8 Å². The standard InChI is InChI=1S/C25H28FN3O3/c1-31-23-5-3-2-4-19(23)16-28-25(30)13-18-10-11-27-15-20(18)12-22-14-24(32-29-22)17-6-8-21(26)9-7-17/h2-9,14,18,20,27H,10-13,15-16H2,1H3,(H,28,30). The number of amides is 1. The van der Waals surface area contributed by atoms with Gasteiger partial charge in [0.05, 0.1) is 12.8 Å². The number of rotatable bonds is 8. The third kappa shape index (κ3) is 5.53. The van der Waals surface area contributed by atoms with Crippen LogP contribution in [0.5, 0.6) is 5.75 Å². The van der Waals surface area contributed by atoms with Crippen LogP contribution in [0.2, 0.25) is 0 Å². The van der Waals surface area contributed by atoms with Gasteiger partial charge in [-0.1, -0.05) is 23.4 Å². The van der Waals surface area contributed by atoms with E-state index in [1.54, 1.807) is 19.2 Å². The quantitative estimate of drug-likeness (QED) is 0.558. The fourth-order valence-electron chi connectivity index (χ4n) is 4.26. The summed E-state index contributed by atoms with van der Waals surface area (Å²) in [6.07, 6.45) is 2.14. The zero-order valence-corrected chi connectivity index (χ0v) is 18.1. The summed E-state index contributed by atoms with van der Waals surface area (Å²) in [6.45, 7) is 2.19. The zero-order chi connectivity index (χ0) is 22.3. The molecule has 1 saturated heterocycles. The molecule has 3 aromatic rings. The Morgan fingerprint density at radius 1 is 1.22 bits per heavy atom. The first-order valence-electron chi connectivity index (χ1n) is 10.9. The van der Waals surface area contributed by atoms with Crippen molar-refractivity contribution in [3.63, 3.8) is 0 Å². The van der Waals surface area contributed by atoms with Gasteiger partial charge in [-0.2, -0.15) is 0 Å². The lowest BCUT2D eigenvalue weighted by molar-refractivity contribution is -0.122. The van der Waals surface area contributed by atoms with Crippen molar-refractivity contribution in [2.75, 3.05) is 20.2 Å². The van der Waals surface area contributed by atoms with E-state index < -0.39 is 0 Å². The maximum atomic E-state index is 13.2. The van der Waals surface area contributed by atoms with Gasteiger partial charge in [-0.25, -0.2) is 4.39 Å². The Balaban J connectivity index is 1.34. The Hall–Kier alpha value is -3.19. The van der Waals surface area contributed by atoms with Crippen molar-refractivity contribution in [1.82, 2.24) is 15.8 Å². The van der Waals surface area contributed by atoms with Crippen molar-refractivity contribution >= 4 is 5.91 Å². The number of para-hydroxylation sites is 1. The van der Waals surface area contributed by atoms with Gasteiger partial charge in [-0.05, 0) is 68.1 Å². The number of ether oxygens (including phenoxy) is 1. The summed E-state index contributed by atoms with van der Waals surface area (Å²) in [4.78, 5) is 12.7. The molecule has 1 fully saturated rings. The number of methoxy groups -OCH3 is 1. The van der Waals surface area contributed by atoms with Crippen LogP contribution in [0, 0.1) is 17.7 Å². The molecule has 32 heavy (non-hydrogen) atoms. The van der Waals surface area contributed by atoms with E-state index >= 15 is 0 Å². The largest absolute Gasteiger partial charge is 0.496 e. The van der Waals surface area contributed by atoms with E-state index in [1.165, 1.54) is 12.1 Å². The summed E-state index contributed by atoms with van der Waals surface area (Å²) in [6, 6.07) is 15.8. The van der Waals surface area contributed by atoms with Crippen LogP contribution in [0.1, 0.15) is 24.1 Å². The third-order valence-corrected chi connectivity index (χ3v) is 6.04. The molecule has 2 unspecified atom stereocenters. The molecule has 1 amide bonds. The molecule has 0 spiro atoms. The van der Waals surface area contributed by atoms with E-state index in [4.69, 9.17) is 9.26 Å². The first-order valence-corrected chi connectivity index (χ1v) is 10.9. The van der Waals surface area contributed by atoms with E-state index in [0.29, 0.717) is 18.7 Å². The number of hydrogen-bond acceptors (Lipinski definition) is 5. The molecule has 168 valence electrons. The minimum absolute atomic E-state index is 0.0416. The Morgan fingerprint density at radius 3 is 2.84 bits per heavy atom. The SMILES string of the molecule is COc1ccccc1CNC(=O)CC1CCNCC1Cc1cc(-c2ccc(F)cc2)on1. The number of carbonyl (C=O) groups is 1. The van der Waals surface area contributed by atoms with Gasteiger partial charge >= 0.3 is 0 Å². The van der Waals surface area contributed by atoms with Crippen molar-refractivity contribution in [1.29, 1.82) is 0 Å². The van der Waals surface area contributed by atoms with Gasteiger partial charge in [0, 0.05) is 30.2 Å². The molecule has 0 radical (unpaired) electrons. The Morgan fingerprint density at radius 2 is 2.03 bits per heavy atom. The molecular formula is C25H28FN3O3. The van der Waals surface area contributed by atoms with Gasteiger partial charge in [-0.3, -0.25) is 4.79 Å². The molecule has 2 N–H and O–H groups in total. The highest BCUT2D eigenvalue weighted by Crippen LogP contribution is 2.28. The van der Waals surface area contributed by atoms with E-state index in [0.717, 1.165) is 48.5 Å². The monoisotopic (exact) mass is 437 g/mol. The molecule has 0 aliphatic carbocycles. The number of aromatic nitrogens is 1. The van der Waals surface area contributed by atoms with Crippen LogP contribution >= 0.6 is 0 Å². The molecule has 2 atom stereocenters. The van der Waals surface area contributed by atoms with Gasteiger partial charge in [0.1, 0.15) is 11.6 Å². The number of halogens is 1. The molecular weight excluding hydrogens is 409 g/mol. The molecule has 6 nitrogen and oxygen atoms in total. The fraction of sp³-hybridized carbons (Fsp3) is 0.360. The maximum absolute atomic E-state index is 13.2. The van der Waals surface area contributed by atoms with E-state index in [2.05, 4.69) is 15.8 Å². The highest BCUT2D eigenvalue weighted by atomic mass is 19.1. The van der Waals surface area contributed by atoms with Gasteiger partial charge in [-0.15, -0.1) is 0 Å². The minimum atomic E-state index is -0.284. The Kier molecular flexibility index (Phi) is 7.17. The number of nitrogens with zero attached hydrogens (tertiary/aromatic N) is 1. The molecule has 7 heteroatoms. The fourth-order valence-corrected chi connectivity index (χ4v) is 4.26. The van der Waals surface area contributed by atoms with Crippen LogP contribution in [0.15, 0.2) is 59.1 Å². The molecule has 4 rings (SSSR count). The highest BCUT2D eigenvalue weighted by molar-refractivity contribution is 5.76. The number of piperidine rings is 1. The molecule has 1 aliphatic heterocycles. The maximum Gasteiger partial charge on any atom is 0.220 e. The van der Waals surface area contributed by atoms with Crippen LogP contribution in [-0.4, -0.2) is 31.3 Å². The first kappa shape index (κ1) is 22.0. The topological polar surface area (TPSA) is 76.4 Å². The lowest BCUT2D eigenvalue weighted by atomic mass is 9.81. The average molecular weight is 438 g/mol. The number of hydrogen-bond donors (Lipinski definition) is 2. The summed E-state index contributed by atoms with van der Waals surface area (Å²) < 4.78 is 24.0. The summed E-state index contributed by atoms with van der Waals surface area (Å²) in [5, 5.41) is 10.7. The van der Waals surface area contributed by atoms with Crippen molar-refractivity contribution in [3.05, 3.63) is 71.7 Å².